The second kappa shape index (κ2) is 12.4. The number of halogens is 2. The maximum atomic E-state index is 6.41. The smallest absolute Gasteiger partial charge is 0.227 e. The molecule has 1 N–H and O–H groups in total. The molecule has 1 saturated heterocycles. The molecule has 0 amide bonds. The number of hydrogen-bond donors (Lipinski definition) is 1. The molecule has 0 atom stereocenters. The van der Waals surface area contributed by atoms with Gasteiger partial charge in [0.05, 0.1) is 61.2 Å². The Hall–Kier alpha value is -2.79. The average Bonchev–Trinajstić information content (AvgIpc) is 3.37. The molecular formula is C24H30Cl2N6O4. The molecule has 0 radical (unpaired) electrons. The first-order valence-electron chi connectivity index (χ1n) is 11.6. The molecule has 3 aromatic rings. The van der Waals surface area contributed by atoms with Crippen LogP contribution in [0.25, 0.3) is 0 Å². The van der Waals surface area contributed by atoms with E-state index in [2.05, 4.69) is 25.3 Å². The molecule has 1 aliphatic rings. The fourth-order valence-corrected chi connectivity index (χ4v) is 4.64. The summed E-state index contributed by atoms with van der Waals surface area (Å²) < 4.78 is 23.6. The Kier molecular flexibility index (Phi) is 9.08. The number of likely N-dealkylation sites (tertiary alicyclic amines) is 1. The van der Waals surface area contributed by atoms with E-state index >= 15 is 0 Å². The number of piperidine rings is 1. The fourth-order valence-electron chi connectivity index (χ4n) is 4.03. The Balaban J connectivity index is 1.32. The van der Waals surface area contributed by atoms with Gasteiger partial charge in [-0.3, -0.25) is 4.68 Å². The Labute approximate surface area is 220 Å². The molecule has 0 aliphatic carbocycles. The summed E-state index contributed by atoms with van der Waals surface area (Å²) >= 11 is 12.8. The average molecular weight is 537 g/mol. The number of anilines is 2. The van der Waals surface area contributed by atoms with Gasteiger partial charge in [-0.1, -0.05) is 23.2 Å². The third-order valence-electron chi connectivity index (χ3n) is 6.08. The summed E-state index contributed by atoms with van der Waals surface area (Å²) in [4.78, 5) is 11.1. The molecule has 194 valence electrons. The second-order valence-electron chi connectivity index (χ2n) is 8.32. The van der Waals surface area contributed by atoms with Crippen molar-refractivity contribution in [3.8, 4) is 17.2 Å². The number of hydrogen-bond acceptors (Lipinski definition) is 9. The predicted molar refractivity (Wildman–Crippen MR) is 138 cm³/mol. The van der Waals surface area contributed by atoms with Crippen LogP contribution in [0.15, 0.2) is 30.9 Å². The standard InChI is InChI=1S/C24H30Cl2N6O4/c1-33-9-8-31-6-4-17(5-7-31)32-14-16(11-29-32)30-24-27-12-18(13-28-24)36-15-19-22(25)20(34-2)10-21(35-3)23(19)26/h10-14,17H,4-9,15H2,1-3H3,(H,27,28,30). The lowest BCUT2D eigenvalue weighted by Crippen LogP contribution is -2.36. The molecule has 0 bridgehead atoms. The van der Waals surface area contributed by atoms with Crippen molar-refractivity contribution < 1.29 is 18.9 Å². The minimum Gasteiger partial charge on any atom is -0.495 e. The zero-order valence-corrected chi connectivity index (χ0v) is 22.1. The van der Waals surface area contributed by atoms with Gasteiger partial charge in [-0.05, 0) is 12.8 Å². The van der Waals surface area contributed by atoms with Crippen LogP contribution in [-0.2, 0) is 11.3 Å². The predicted octanol–water partition coefficient (Wildman–Crippen LogP) is 4.60. The van der Waals surface area contributed by atoms with Crippen LogP contribution in [0.4, 0.5) is 11.6 Å². The van der Waals surface area contributed by atoms with E-state index in [0.29, 0.717) is 44.8 Å². The van der Waals surface area contributed by atoms with Gasteiger partial charge in [-0.25, -0.2) is 9.97 Å². The maximum absolute atomic E-state index is 6.41. The number of nitrogens with one attached hydrogen (secondary N) is 1. The number of ether oxygens (including phenoxy) is 4. The van der Waals surface area contributed by atoms with Crippen molar-refractivity contribution in [1.29, 1.82) is 0 Å². The quantitative estimate of drug-likeness (QED) is 0.377. The highest BCUT2D eigenvalue weighted by atomic mass is 35.5. The highest BCUT2D eigenvalue weighted by molar-refractivity contribution is 6.37. The third kappa shape index (κ3) is 6.31. The van der Waals surface area contributed by atoms with Gasteiger partial charge in [-0.15, -0.1) is 0 Å². The molecule has 0 saturated carbocycles. The van der Waals surface area contributed by atoms with E-state index in [1.54, 1.807) is 31.8 Å². The summed E-state index contributed by atoms with van der Waals surface area (Å²) in [6.45, 7) is 3.92. The van der Waals surface area contributed by atoms with Gasteiger partial charge in [-0.2, -0.15) is 5.10 Å². The van der Waals surface area contributed by atoms with E-state index in [-0.39, 0.29) is 6.61 Å². The van der Waals surface area contributed by atoms with Crippen molar-refractivity contribution in [2.75, 3.05) is 52.9 Å². The maximum Gasteiger partial charge on any atom is 0.227 e. The fraction of sp³-hybridized carbons (Fsp3) is 0.458. The summed E-state index contributed by atoms with van der Waals surface area (Å²) in [5.41, 5.74) is 1.38. The Morgan fingerprint density at radius 3 is 2.28 bits per heavy atom. The van der Waals surface area contributed by atoms with E-state index in [4.69, 9.17) is 42.1 Å². The first-order chi connectivity index (χ1) is 17.5. The number of nitrogens with zero attached hydrogens (tertiary/aromatic N) is 5. The van der Waals surface area contributed by atoms with Crippen LogP contribution >= 0.6 is 23.2 Å². The lowest BCUT2D eigenvalue weighted by Gasteiger charge is -2.31. The van der Waals surface area contributed by atoms with Crippen LogP contribution in [0.2, 0.25) is 10.0 Å². The molecule has 3 heterocycles. The monoisotopic (exact) mass is 536 g/mol. The number of rotatable bonds is 11. The molecule has 4 rings (SSSR count). The van der Waals surface area contributed by atoms with Crippen LogP contribution in [0.5, 0.6) is 17.2 Å². The molecule has 1 aromatic carbocycles. The van der Waals surface area contributed by atoms with E-state index < -0.39 is 0 Å². The molecule has 1 fully saturated rings. The van der Waals surface area contributed by atoms with Crippen molar-refractivity contribution in [2.24, 2.45) is 0 Å². The molecule has 0 spiro atoms. The van der Waals surface area contributed by atoms with Crippen LogP contribution in [-0.4, -0.2) is 72.2 Å². The van der Waals surface area contributed by atoms with E-state index in [0.717, 1.165) is 44.8 Å². The first-order valence-corrected chi connectivity index (χ1v) is 12.3. The van der Waals surface area contributed by atoms with Gasteiger partial charge in [0.1, 0.15) is 18.1 Å². The summed E-state index contributed by atoms with van der Waals surface area (Å²) in [5, 5.41) is 8.44. The number of aromatic nitrogens is 4. The highest BCUT2D eigenvalue weighted by Crippen LogP contribution is 2.40. The summed E-state index contributed by atoms with van der Waals surface area (Å²) in [7, 11) is 4.78. The lowest BCUT2D eigenvalue weighted by molar-refractivity contribution is 0.119. The molecule has 1 aliphatic heterocycles. The normalized spacial score (nSPS) is 14.6. The zero-order chi connectivity index (χ0) is 25.5. The topological polar surface area (TPSA) is 95.8 Å². The Morgan fingerprint density at radius 2 is 1.67 bits per heavy atom. The molecule has 0 unspecified atom stereocenters. The minimum absolute atomic E-state index is 0.0957. The van der Waals surface area contributed by atoms with E-state index in [1.165, 1.54) is 14.2 Å². The minimum atomic E-state index is 0.0957. The van der Waals surface area contributed by atoms with Crippen LogP contribution in [0.3, 0.4) is 0 Å². The molecule has 12 heteroatoms. The van der Waals surface area contributed by atoms with Crippen LogP contribution < -0.4 is 19.5 Å². The van der Waals surface area contributed by atoms with Crippen LogP contribution in [0.1, 0.15) is 24.4 Å². The van der Waals surface area contributed by atoms with Crippen molar-refractivity contribution in [2.45, 2.75) is 25.5 Å². The van der Waals surface area contributed by atoms with Gasteiger partial charge in [0.25, 0.3) is 0 Å². The van der Waals surface area contributed by atoms with Crippen molar-refractivity contribution in [3.63, 3.8) is 0 Å². The van der Waals surface area contributed by atoms with E-state index in [1.807, 2.05) is 10.9 Å². The molecule has 10 nitrogen and oxygen atoms in total. The van der Waals surface area contributed by atoms with Gasteiger partial charge in [0.15, 0.2) is 5.75 Å². The lowest BCUT2D eigenvalue weighted by atomic mass is 10.1. The highest BCUT2D eigenvalue weighted by Gasteiger charge is 2.21. The summed E-state index contributed by atoms with van der Waals surface area (Å²) in [5.74, 6) is 1.80. The summed E-state index contributed by atoms with van der Waals surface area (Å²) in [6, 6.07) is 2.01. The molecular weight excluding hydrogens is 507 g/mol. The Morgan fingerprint density at radius 1 is 1.00 bits per heavy atom. The Bertz CT molecular complexity index is 1110. The van der Waals surface area contributed by atoms with Gasteiger partial charge in [0, 0.05) is 44.6 Å². The van der Waals surface area contributed by atoms with Crippen molar-refractivity contribution in [1.82, 2.24) is 24.6 Å². The van der Waals surface area contributed by atoms with Crippen molar-refractivity contribution >= 4 is 34.8 Å². The molecule has 36 heavy (non-hydrogen) atoms. The molecule has 2 aromatic heterocycles. The van der Waals surface area contributed by atoms with Gasteiger partial charge in [0.2, 0.25) is 5.95 Å². The van der Waals surface area contributed by atoms with Crippen molar-refractivity contribution in [3.05, 3.63) is 46.5 Å². The van der Waals surface area contributed by atoms with Gasteiger partial charge >= 0.3 is 0 Å². The number of benzene rings is 1. The van der Waals surface area contributed by atoms with E-state index in [9.17, 15) is 0 Å². The summed E-state index contributed by atoms with van der Waals surface area (Å²) in [6.07, 6.45) is 9.04. The zero-order valence-electron chi connectivity index (χ0n) is 20.5. The third-order valence-corrected chi connectivity index (χ3v) is 6.91. The second-order valence-corrected chi connectivity index (χ2v) is 9.07. The van der Waals surface area contributed by atoms with Crippen LogP contribution in [0, 0.1) is 0 Å². The first kappa shape index (κ1) is 26.3. The number of methoxy groups -OCH3 is 3. The van der Waals surface area contributed by atoms with Gasteiger partial charge < -0.3 is 29.2 Å². The largest absolute Gasteiger partial charge is 0.495 e. The SMILES string of the molecule is COCCN1CCC(n2cc(Nc3ncc(OCc4c(Cl)c(OC)cc(OC)c4Cl)cn3)cn2)CC1.